The molecule has 0 spiro atoms. The monoisotopic (exact) mass is 414 g/mol. The van der Waals surface area contributed by atoms with Crippen molar-refractivity contribution in [1.29, 1.82) is 0 Å². The predicted octanol–water partition coefficient (Wildman–Crippen LogP) is 8.37. The van der Waals surface area contributed by atoms with Gasteiger partial charge in [0.05, 0.1) is 0 Å². The summed E-state index contributed by atoms with van der Waals surface area (Å²) in [6, 6.07) is 16.9. The normalized spacial score (nSPS) is 10.9. The molecule has 0 saturated carbocycles. The van der Waals surface area contributed by atoms with E-state index in [4.69, 9.17) is 58.0 Å². The van der Waals surface area contributed by atoms with Crippen LogP contribution in [0.2, 0.25) is 20.1 Å². The van der Waals surface area contributed by atoms with Crippen LogP contribution in [0, 0.1) is 0 Å². The highest BCUT2D eigenvalue weighted by Gasteiger charge is 2.12. The molecule has 5 heteroatoms. The van der Waals surface area contributed by atoms with E-state index in [-0.39, 0.29) is 0 Å². The minimum absolute atomic E-state index is 0.378. The van der Waals surface area contributed by atoms with E-state index in [9.17, 15) is 0 Å². The Morgan fingerprint density at radius 3 is 1.71 bits per heavy atom. The Kier molecular flexibility index (Phi) is 5.64. The minimum Gasteiger partial charge on any atom is -0.122 e. The van der Waals surface area contributed by atoms with Crippen molar-refractivity contribution in [1.82, 2.24) is 0 Å². The Morgan fingerprint density at radius 1 is 0.583 bits per heavy atom. The highest BCUT2D eigenvalue weighted by atomic mass is 35.5. The predicted molar refractivity (Wildman–Crippen MR) is 107 cm³/mol. The molecule has 0 saturated heterocycles. The molecule has 0 N–H and O–H groups in total. The first kappa shape index (κ1) is 17.9. The summed E-state index contributed by atoms with van der Waals surface area (Å²) < 4.78 is 0. The van der Waals surface area contributed by atoms with Crippen LogP contribution in [-0.4, -0.2) is 0 Å². The van der Waals surface area contributed by atoms with Gasteiger partial charge in [0, 0.05) is 37.1 Å². The molecule has 0 aliphatic carbocycles. The average Bonchev–Trinajstić information content (AvgIpc) is 2.54. The van der Waals surface area contributed by atoms with Crippen LogP contribution in [-0.2, 0) is 5.88 Å². The van der Waals surface area contributed by atoms with Gasteiger partial charge in [-0.05, 0) is 47.0 Å². The highest BCUT2D eigenvalue weighted by Crippen LogP contribution is 2.38. The lowest BCUT2D eigenvalue weighted by molar-refractivity contribution is 1.39. The van der Waals surface area contributed by atoms with Crippen molar-refractivity contribution < 1.29 is 0 Å². The molecule has 0 aliphatic rings. The van der Waals surface area contributed by atoms with Crippen LogP contribution in [0.5, 0.6) is 0 Å². The van der Waals surface area contributed by atoms with E-state index in [1.54, 1.807) is 12.1 Å². The summed E-state index contributed by atoms with van der Waals surface area (Å²) >= 11 is 30.8. The van der Waals surface area contributed by atoms with E-state index >= 15 is 0 Å². The molecular formula is C19H11Cl5. The number of hydrogen-bond acceptors (Lipinski definition) is 0. The molecule has 122 valence electrons. The Labute approximate surface area is 165 Å². The zero-order valence-electron chi connectivity index (χ0n) is 12.3. The summed E-state index contributed by atoms with van der Waals surface area (Å²) in [5.41, 5.74) is 4.67. The summed E-state index contributed by atoms with van der Waals surface area (Å²) in [6.07, 6.45) is 0. The van der Waals surface area contributed by atoms with Crippen LogP contribution in [0.4, 0.5) is 0 Å². The first-order valence-electron chi connectivity index (χ1n) is 7.09. The lowest BCUT2D eigenvalue weighted by Crippen LogP contribution is -1.90. The van der Waals surface area contributed by atoms with E-state index in [1.807, 2.05) is 42.5 Å². The zero-order valence-corrected chi connectivity index (χ0v) is 16.1. The van der Waals surface area contributed by atoms with E-state index in [2.05, 4.69) is 0 Å². The average molecular weight is 417 g/mol. The van der Waals surface area contributed by atoms with Gasteiger partial charge < -0.3 is 0 Å². The van der Waals surface area contributed by atoms with Crippen LogP contribution in [0.1, 0.15) is 5.56 Å². The largest absolute Gasteiger partial charge is 0.122 e. The maximum Gasteiger partial charge on any atom is 0.0499 e. The van der Waals surface area contributed by atoms with Crippen LogP contribution in [0.15, 0.2) is 54.6 Å². The van der Waals surface area contributed by atoms with Crippen molar-refractivity contribution >= 4 is 58.0 Å². The highest BCUT2D eigenvalue weighted by molar-refractivity contribution is 6.37. The third kappa shape index (κ3) is 3.69. The van der Waals surface area contributed by atoms with Crippen molar-refractivity contribution in [3.05, 3.63) is 80.3 Å². The van der Waals surface area contributed by atoms with Crippen LogP contribution in [0.25, 0.3) is 22.3 Å². The smallest absolute Gasteiger partial charge is 0.0499 e. The van der Waals surface area contributed by atoms with Gasteiger partial charge in [-0.2, -0.15) is 0 Å². The van der Waals surface area contributed by atoms with Crippen LogP contribution >= 0.6 is 58.0 Å². The van der Waals surface area contributed by atoms with E-state index in [1.165, 1.54) is 0 Å². The SMILES string of the molecule is ClCc1ccc(-c2ccc(Cl)cc2Cl)cc1-c1ccc(Cl)cc1Cl. The molecule has 0 amide bonds. The molecule has 0 aliphatic heterocycles. The standard InChI is InChI=1S/C19H11Cl5/c20-10-12-2-1-11(15-5-3-13(21)8-18(15)23)7-17(12)16-6-4-14(22)9-19(16)24/h1-9H,10H2. The van der Waals surface area contributed by atoms with Crippen molar-refractivity contribution in [2.75, 3.05) is 0 Å². The summed E-state index contributed by atoms with van der Waals surface area (Å²) in [7, 11) is 0. The second kappa shape index (κ2) is 7.56. The molecule has 0 nitrogen and oxygen atoms in total. The minimum atomic E-state index is 0.378. The third-order valence-electron chi connectivity index (χ3n) is 3.72. The fourth-order valence-corrected chi connectivity index (χ4v) is 3.80. The number of hydrogen-bond donors (Lipinski definition) is 0. The number of alkyl halides is 1. The van der Waals surface area contributed by atoms with Gasteiger partial charge in [-0.3, -0.25) is 0 Å². The summed E-state index contributed by atoms with van der Waals surface area (Å²) in [5.74, 6) is 0.378. The fourth-order valence-electron chi connectivity index (χ4n) is 2.54. The molecule has 3 aromatic rings. The molecule has 3 aromatic carbocycles. The first-order valence-corrected chi connectivity index (χ1v) is 9.14. The third-order valence-corrected chi connectivity index (χ3v) is 5.10. The fraction of sp³-hybridized carbons (Fsp3) is 0.0526. The van der Waals surface area contributed by atoms with Gasteiger partial charge >= 0.3 is 0 Å². The van der Waals surface area contributed by atoms with E-state index < -0.39 is 0 Å². The summed E-state index contributed by atoms with van der Waals surface area (Å²) in [4.78, 5) is 0. The maximum absolute atomic E-state index is 6.37. The molecule has 0 aromatic heterocycles. The number of rotatable bonds is 3. The molecule has 0 fully saturated rings. The van der Waals surface area contributed by atoms with Gasteiger partial charge in [0.2, 0.25) is 0 Å². The zero-order chi connectivity index (χ0) is 17.3. The Hall–Kier alpha value is -0.890. The maximum atomic E-state index is 6.37. The topological polar surface area (TPSA) is 0 Å². The molecule has 0 radical (unpaired) electrons. The summed E-state index contributed by atoms with van der Waals surface area (Å²) in [6.45, 7) is 0. The Balaban J connectivity index is 2.18. The van der Waals surface area contributed by atoms with Crippen molar-refractivity contribution in [3.8, 4) is 22.3 Å². The van der Waals surface area contributed by atoms with Gasteiger partial charge in [-0.15, -0.1) is 11.6 Å². The molecule has 0 heterocycles. The van der Waals surface area contributed by atoms with E-state index in [0.29, 0.717) is 26.0 Å². The van der Waals surface area contributed by atoms with Gasteiger partial charge in [0.25, 0.3) is 0 Å². The lowest BCUT2D eigenvalue weighted by atomic mass is 9.95. The van der Waals surface area contributed by atoms with Crippen molar-refractivity contribution in [2.24, 2.45) is 0 Å². The Morgan fingerprint density at radius 2 is 1.17 bits per heavy atom. The molecule has 3 rings (SSSR count). The van der Waals surface area contributed by atoms with E-state index in [0.717, 1.165) is 27.8 Å². The second-order valence-corrected chi connectivity index (χ2v) is 7.21. The second-order valence-electron chi connectivity index (χ2n) is 5.25. The first-order chi connectivity index (χ1) is 11.5. The molecule has 0 bridgehead atoms. The lowest BCUT2D eigenvalue weighted by Gasteiger charge is -2.13. The van der Waals surface area contributed by atoms with Gasteiger partial charge in [-0.1, -0.05) is 70.7 Å². The number of benzene rings is 3. The Bertz CT molecular complexity index is 902. The van der Waals surface area contributed by atoms with Crippen molar-refractivity contribution in [3.63, 3.8) is 0 Å². The molecule has 0 unspecified atom stereocenters. The molecular weight excluding hydrogens is 405 g/mol. The van der Waals surface area contributed by atoms with Crippen molar-refractivity contribution in [2.45, 2.75) is 5.88 Å². The quantitative estimate of drug-likeness (QED) is 0.376. The van der Waals surface area contributed by atoms with Crippen LogP contribution in [0.3, 0.4) is 0 Å². The summed E-state index contributed by atoms with van der Waals surface area (Å²) in [5, 5.41) is 2.36. The number of halogens is 5. The van der Waals surface area contributed by atoms with Gasteiger partial charge in [-0.25, -0.2) is 0 Å². The van der Waals surface area contributed by atoms with Gasteiger partial charge in [0.1, 0.15) is 0 Å². The van der Waals surface area contributed by atoms with Crippen LogP contribution < -0.4 is 0 Å². The molecule has 0 atom stereocenters. The molecule has 24 heavy (non-hydrogen) atoms. The van der Waals surface area contributed by atoms with Gasteiger partial charge in [0.15, 0.2) is 0 Å².